The molecule has 1 aliphatic rings. The predicted octanol–water partition coefficient (Wildman–Crippen LogP) is 5.57. The van der Waals surface area contributed by atoms with Crippen LogP contribution >= 0.6 is 0 Å². The minimum atomic E-state index is -0.0630. The first kappa shape index (κ1) is 20.2. The van der Waals surface area contributed by atoms with Crippen molar-refractivity contribution < 1.29 is 14.3 Å². The van der Waals surface area contributed by atoms with Crippen LogP contribution in [0.3, 0.4) is 0 Å². The third-order valence-corrected chi connectivity index (χ3v) is 4.35. The predicted molar refractivity (Wildman–Crippen MR) is 95.5 cm³/mol. The molecule has 0 bridgehead atoms. The summed E-state index contributed by atoms with van der Waals surface area (Å²) in [6.45, 7) is 4.60. The molecule has 0 amide bonds. The number of carbonyl (C=O) groups excluding carboxylic acids is 1. The number of unbranched alkanes of at least 4 members (excludes halogenated alkanes) is 8. The first-order valence-electron chi connectivity index (χ1n) is 9.75. The number of epoxide rings is 1. The fourth-order valence-electron chi connectivity index (χ4n) is 2.86. The van der Waals surface area contributed by atoms with E-state index < -0.39 is 0 Å². The van der Waals surface area contributed by atoms with Crippen molar-refractivity contribution in [3.8, 4) is 0 Å². The number of hydrogen-bond donors (Lipinski definition) is 0. The van der Waals surface area contributed by atoms with Gasteiger partial charge in [0, 0.05) is 6.42 Å². The molecule has 3 heteroatoms. The summed E-state index contributed by atoms with van der Waals surface area (Å²) in [4.78, 5) is 11.2. The molecule has 0 spiro atoms. The molecule has 0 N–H and O–H groups in total. The number of rotatable bonds is 15. The van der Waals surface area contributed by atoms with Crippen molar-refractivity contribution in [2.75, 3.05) is 6.61 Å². The summed E-state index contributed by atoms with van der Waals surface area (Å²) in [5.41, 5.74) is 0. The van der Waals surface area contributed by atoms with Gasteiger partial charge in [-0.25, -0.2) is 0 Å². The van der Waals surface area contributed by atoms with Gasteiger partial charge < -0.3 is 9.47 Å². The maximum Gasteiger partial charge on any atom is 0.305 e. The van der Waals surface area contributed by atoms with Crippen molar-refractivity contribution in [1.29, 1.82) is 0 Å². The summed E-state index contributed by atoms with van der Waals surface area (Å²) in [7, 11) is 0. The molecule has 1 rings (SSSR count). The van der Waals surface area contributed by atoms with Crippen LogP contribution in [0.1, 0.15) is 90.9 Å². The summed E-state index contributed by atoms with van der Waals surface area (Å²) in [6.07, 6.45) is 19.5. The van der Waals surface area contributed by atoms with Crippen molar-refractivity contribution in [3.63, 3.8) is 0 Å². The highest BCUT2D eigenvalue weighted by atomic mass is 16.6. The molecule has 2 atom stereocenters. The van der Waals surface area contributed by atoms with E-state index >= 15 is 0 Å². The average Bonchev–Trinajstić information content (AvgIpc) is 3.28. The fraction of sp³-hybridized carbons (Fsp3) is 0.850. The highest BCUT2D eigenvalue weighted by molar-refractivity contribution is 5.69. The van der Waals surface area contributed by atoms with Gasteiger partial charge in [-0.15, -0.1) is 0 Å². The second-order valence-corrected chi connectivity index (χ2v) is 6.53. The van der Waals surface area contributed by atoms with E-state index in [1.807, 2.05) is 6.92 Å². The van der Waals surface area contributed by atoms with Gasteiger partial charge in [0.2, 0.25) is 0 Å². The molecule has 1 heterocycles. The molecule has 0 unspecified atom stereocenters. The number of allylic oxidation sites excluding steroid dienone is 1. The quantitative estimate of drug-likeness (QED) is 0.171. The van der Waals surface area contributed by atoms with Crippen molar-refractivity contribution in [1.82, 2.24) is 0 Å². The molecule has 0 aromatic rings. The van der Waals surface area contributed by atoms with Gasteiger partial charge >= 0.3 is 5.97 Å². The van der Waals surface area contributed by atoms with Crippen molar-refractivity contribution >= 4 is 5.97 Å². The normalized spacial score (nSPS) is 20.1. The van der Waals surface area contributed by atoms with Gasteiger partial charge in [0.1, 0.15) is 6.10 Å². The number of carbonyl (C=O) groups is 1. The summed E-state index contributed by atoms with van der Waals surface area (Å²) in [5.74, 6) is -0.0630. The Morgan fingerprint density at radius 3 is 2.52 bits per heavy atom. The maximum absolute atomic E-state index is 11.2. The van der Waals surface area contributed by atoms with Crippen LogP contribution in [-0.4, -0.2) is 24.8 Å². The molecule has 1 aliphatic heterocycles. The van der Waals surface area contributed by atoms with Crippen LogP contribution in [0.5, 0.6) is 0 Å². The number of hydrogen-bond acceptors (Lipinski definition) is 3. The highest BCUT2D eigenvalue weighted by Gasteiger charge is 2.35. The topological polar surface area (TPSA) is 38.8 Å². The Bertz CT molecular complexity index is 325. The zero-order valence-corrected chi connectivity index (χ0v) is 15.2. The summed E-state index contributed by atoms with van der Waals surface area (Å²) in [6, 6.07) is 0. The van der Waals surface area contributed by atoms with Crippen LogP contribution in [0.4, 0.5) is 0 Å². The smallest absolute Gasteiger partial charge is 0.305 e. The molecule has 1 saturated heterocycles. The standard InChI is InChI=1S/C20H36O3/c1-3-5-6-7-9-12-15-18-19(23-18)16-13-10-8-11-14-17-20(21)22-4-2/h13,16,18-19H,3-12,14-15,17H2,1-2H3/b16-13-/t18-,19-/m1/s1. The minimum Gasteiger partial charge on any atom is -0.466 e. The van der Waals surface area contributed by atoms with Crippen LogP contribution in [0.25, 0.3) is 0 Å². The Kier molecular flexibility index (Phi) is 11.9. The van der Waals surface area contributed by atoms with E-state index in [2.05, 4.69) is 19.1 Å². The van der Waals surface area contributed by atoms with E-state index in [4.69, 9.17) is 9.47 Å². The van der Waals surface area contributed by atoms with E-state index in [9.17, 15) is 4.79 Å². The second-order valence-electron chi connectivity index (χ2n) is 6.53. The zero-order chi connectivity index (χ0) is 16.8. The second kappa shape index (κ2) is 13.6. The van der Waals surface area contributed by atoms with Gasteiger partial charge in [-0.1, -0.05) is 64.0 Å². The average molecular weight is 325 g/mol. The van der Waals surface area contributed by atoms with E-state index in [1.165, 1.54) is 44.9 Å². The zero-order valence-electron chi connectivity index (χ0n) is 15.2. The van der Waals surface area contributed by atoms with Crippen LogP contribution < -0.4 is 0 Å². The fourth-order valence-corrected chi connectivity index (χ4v) is 2.86. The highest BCUT2D eigenvalue weighted by Crippen LogP contribution is 2.28. The van der Waals surface area contributed by atoms with Gasteiger partial charge in [0.25, 0.3) is 0 Å². The molecule has 1 fully saturated rings. The van der Waals surface area contributed by atoms with Crippen LogP contribution in [0.15, 0.2) is 12.2 Å². The third-order valence-electron chi connectivity index (χ3n) is 4.35. The molecule has 3 nitrogen and oxygen atoms in total. The lowest BCUT2D eigenvalue weighted by atomic mass is 10.1. The molecule has 0 aromatic heterocycles. The van der Waals surface area contributed by atoms with Crippen LogP contribution in [-0.2, 0) is 14.3 Å². The Balaban J connectivity index is 1.85. The maximum atomic E-state index is 11.2. The lowest BCUT2D eigenvalue weighted by Gasteiger charge is -2.00. The Hall–Kier alpha value is -0.830. The summed E-state index contributed by atoms with van der Waals surface area (Å²) < 4.78 is 10.6. The Morgan fingerprint density at radius 2 is 1.74 bits per heavy atom. The van der Waals surface area contributed by atoms with Crippen LogP contribution in [0, 0.1) is 0 Å². The molecule has 0 saturated carbocycles. The molecule has 134 valence electrons. The van der Waals surface area contributed by atoms with Crippen LogP contribution in [0.2, 0.25) is 0 Å². The lowest BCUT2D eigenvalue weighted by Crippen LogP contribution is -2.02. The number of ether oxygens (including phenoxy) is 2. The minimum absolute atomic E-state index is 0.0630. The van der Waals surface area contributed by atoms with Gasteiger partial charge in [0.05, 0.1) is 12.7 Å². The Labute approximate surface area is 142 Å². The Morgan fingerprint density at radius 1 is 1.00 bits per heavy atom. The molecule has 0 aliphatic carbocycles. The van der Waals surface area contributed by atoms with Gasteiger partial charge in [-0.3, -0.25) is 4.79 Å². The third kappa shape index (κ3) is 11.4. The van der Waals surface area contributed by atoms with Gasteiger partial charge in [-0.05, 0) is 32.6 Å². The first-order chi connectivity index (χ1) is 11.3. The van der Waals surface area contributed by atoms with Crippen molar-refractivity contribution in [2.45, 2.75) is 103 Å². The largest absolute Gasteiger partial charge is 0.466 e. The summed E-state index contributed by atoms with van der Waals surface area (Å²) >= 11 is 0. The van der Waals surface area contributed by atoms with E-state index in [0.717, 1.165) is 25.7 Å². The molecule has 0 aromatic carbocycles. The summed E-state index contributed by atoms with van der Waals surface area (Å²) in [5, 5.41) is 0. The molecule has 0 radical (unpaired) electrons. The van der Waals surface area contributed by atoms with Gasteiger partial charge in [-0.2, -0.15) is 0 Å². The monoisotopic (exact) mass is 324 g/mol. The van der Waals surface area contributed by atoms with Crippen molar-refractivity contribution in [3.05, 3.63) is 12.2 Å². The number of esters is 1. The lowest BCUT2D eigenvalue weighted by molar-refractivity contribution is -0.143. The van der Waals surface area contributed by atoms with E-state index in [-0.39, 0.29) is 5.97 Å². The SMILES string of the molecule is CCCCCCCC[C@H]1O[C@@H]1/C=C\CCCCCC(=O)OCC. The molecular weight excluding hydrogens is 288 g/mol. The van der Waals surface area contributed by atoms with Crippen molar-refractivity contribution in [2.24, 2.45) is 0 Å². The first-order valence-corrected chi connectivity index (χ1v) is 9.75. The molecule has 23 heavy (non-hydrogen) atoms. The van der Waals surface area contributed by atoms with E-state index in [1.54, 1.807) is 0 Å². The molecular formula is C20H36O3. The van der Waals surface area contributed by atoms with E-state index in [0.29, 0.717) is 25.2 Å². The van der Waals surface area contributed by atoms with Gasteiger partial charge in [0.15, 0.2) is 0 Å².